The van der Waals surface area contributed by atoms with Crippen LogP contribution in [0.3, 0.4) is 0 Å². The Morgan fingerprint density at radius 1 is 1.11 bits per heavy atom. The highest BCUT2D eigenvalue weighted by Gasteiger charge is 2.22. The fourth-order valence-electron chi connectivity index (χ4n) is 4.41. The van der Waals surface area contributed by atoms with Gasteiger partial charge in [-0.2, -0.15) is 8.78 Å². The van der Waals surface area contributed by atoms with E-state index in [9.17, 15) is 8.78 Å². The van der Waals surface area contributed by atoms with Crippen LogP contribution in [0.25, 0.3) is 10.8 Å². The van der Waals surface area contributed by atoms with E-state index in [0.29, 0.717) is 18.1 Å². The average Bonchev–Trinajstić information content (AvgIpc) is 2.68. The third-order valence-corrected chi connectivity index (χ3v) is 5.96. The highest BCUT2D eigenvalue weighted by Crippen LogP contribution is 2.40. The van der Waals surface area contributed by atoms with Crippen molar-refractivity contribution >= 4 is 10.8 Å². The summed E-state index contributed by atoms with van der Waals surface area (Å²) in [6.45, 7) is 1.25. The minimum atomic E-state index is -2.79. The average molecular weight is 372 g/mol. The number of hydrogen-bond acceptors (Lipinski definition) is 1. The molecule has 1 nitrogen and oxygen atoms in total. The number of ether oxygens (including phenoxy) is 1. The topological polar surface area (TPSA) is 9.23 Å². The number of fused-ring (bicyclic) bond motifs is 1. The lowest BCUT2D eigenvalue weighted by Crippen LogP contribution is -2.13. The molecule has 2 aromatic rings. The van der Waals surface area contributed by atoms with Gasteiger partial charge in [-0.1, -0.05) is 49.4 Å². The summed E-state index contributed by atoms with van der Waals surface area (Å²) in [6, 6.07) is 10.2. The zero-order valence-electron chi connectivity index (χ0n) is 16.4. The van der Waals surface area contributed by atoms with Crippen molar-refractivity contribution in [2.24, 2.45) is 5.92 Å². The van der Waals surface area contributed by atoms with Crippen molar-refractivity contribution in [2.45, 2.75) is 71.3 Å². The van der Waals surface area contributed by atoms with Gasteiger partial charge in [0.15, 0.2) is 0 Å². The summed E-state index contributed by atoms with van der Waals surface area (Å²) in [4.78, 5) is 0. The Morgan fingerprint density at radius 2 is 1.89 bits per heavy atom. The molecule has 1 aliphatic rings. The van der Waals surface area contributed by atoms with E-state index >= 15 is 0 Å². The molecule has 146 valence electrons. The lowest BCUT2D eigenvalue weighted by atomic mass is 9.77. The molecule has 0 atom stereocenters. The van der Waals surface area contributed by atoms with Crippen LogP contribution in [0.15, 0.2) is 42.5 Å². The van der Waals surface area contributed by atoms with Crippen LogP contribution >= 0.6 is 0 Å². The number of benzene rings is 2. The van der Waals surface area contributed by atoms with E-state index in [2.05, 4.69) is 31.2 Å². The van der Waals surface area contributed by atoms with Crippen molar-refractivity contribution in [3.8, 4) is 5.75 Å². The van der Waals surface area contributed by atoms with E-state index in [0.717, 1.165) is 22.3 Å². The number of alkyl halides is 2. The summed E-state index contributed by atoms with van der Waals surface area (Å²) < 4.78 is 30.6. The van der Waals surface area contributed by atoms with E-state index in [1.54, 1.807) is 0 Å². The van der Waals surface area contributed by atoms with Crippen molar-refractivity contribution in [2.75, 3.05) is 0 Å². The molecule has 2 aromatic carbocycles. The maximum absolute atomic E-state index is 12.9. The first-order chi connectivity index (χ1) is 13.1. The minimum absolute atomic E-state index is 0.337. The highest BCUT2D eigenvalue weighted by atomic mass is 19.3. The summed E-state index contributed by atoms with van der Waals surface area (Å²) in [5.74, 6) is 1.76. The van der Waals surface area contributed by atoms with Gasteiger partial charge in [0.05, 0.1) is 0 Å². The van der Waals surface area contributed by atoms with Gasteiger partial charge in [-0.3, -0.25) is 0 Å². The van der Waals surface area contributed by atoms with Gasteiger partial charge < -0.3 is 4.74 Å². The zero-order chi connectivity index (χ0) is 19.2. The SMILES string of the molecule is C/C=C/CCC1CCC(c2ccc3c(OC(F)F)c(CC)ccc3c2)CC1. The van der Waals surface area contributed by atoms with Crippen LogP contribution in [0.1, 0.15) is 69.4 Å². The van der Waals surface area contributed by atoms with Crippen LogP contribution in [-0.4, -0.2) is 6.61 Å². The Bertz CT molecular complexity index is 773. The van der Waals surface area contributed by atoms with Crippen molar-refractivity contribution in [1.82, 2.24) is 0 Å². The first-order valence-corrected chi connectivity index (χ1v) is 10.2. The molecule has 1 aliphatic carbocycles. The molecular formula is C24H30F2O. The first kappa shape index (κ1) is 19.9. The number of allylic oxidation sites excluding steroid dienone is 2. The number of aryl methyl sites for hydroxylation is 1. The van der Waals surface area contributed by atoms with Crippen molar-refractivity contribution in [1.29, 1.82) is 0 Å². The van der Waals surface area contributed by atoms with Gasteiger partial charge in [-0.05, 0) is 80.2 Å². The normalized spacial score (nSPS) is 20.6. The second-order valence-corrected chi connectivity index (χ2v) is 7.63. The second kappa shape index (κ2) is 9.34. The lowest BCUT2D eigenvalue weighted by molar-refractivity contribution is -0.0493. The molecule has 0 saturated heterocycles. The second-order valence-electron chi connectivity index (χ2n) is 7.63. The van der Waals surface area contributed by atoms with Crippen LogP contribution in [0.2, 0.25) is 0 Å². The van der Waals surface area contributed by atoms with E-state index in [1.807, 2.05) is 25.1 Å². The molecule has 0 heterocycles. The molecule has 3 rings (SSSR count). The van der Waals surface area contributed by atoms with Crippen LogP contribution in [-0.2, 0) is 6.42 Å². The van der Waals surface area contributed by atoms with Gasteiger partial charge >= 0.3 is 6.61 Å². The number of rotatable bonds is 7. The smallest absolute Gasteiger partial charge is 0.387 e. The van der Waals surface area contributed by atoms with Crippen LogP contribution < -0.4 is 4.74 Å². The van der Waals surface area contributed by atoms with Gasteiger partial charge in [0, 0.05) is 5.39 Å². The summed E-state index contributed by atoms with van der Waals surface area (Å²) in [7, 11) is 0. The third kappa shape index (κ3) is 4.88. The molecular weight excluding hydrogens is 342 g/mol. The molecule has 0 unspecified atom stereocenters. The van der Waals surface area contributed by atoms with Gasteiger partial charge in [0.2, 0.25) is 0 Å². The first-order valence-electron chi connectivity index (χ1n) is 10.2. The largest absolute Gasteiger partial charge is 0.434 e. The molecule has 1 saturated carbocycles. The molecule has 0 spiro atoms. The van der Waals surface area contributed by atoms with E-state index in [1.165, 1.54) is 44.1 Å². The lowest BCUT2D eigenvalue weighted by Gasteiger charge is -2.29. The van der Waals surface area contributed by atoms with Crippen molar-refractivity contribution in [3.63, 3.8) is 0 Å². The summed E-state index contributed by atoms with van der Waals surface area (Å²) in [5, 5.41) is 1.79. The molecule has 27 heavy (non-hydrogen) atoms. The molecule has 0 amide bonds. The van der Waals surface area contributed by atoms with Gasteiger partial charge in [-0.25, -0.2) is 0 Å². The quantitative estimate of drug-likeness (QED) is 0.454. The Kier molecular flexibility index (Phi) is 6.87. The molecule has 0 radical (unpaired) electrons. The predicted molar refractivity (Wildman–Crippen MR) is 109 cm³/mol. The standard InChI is InChI=1S/C24H30F2O/c1-3-5-6-7-17-8-10-19(11-9-17)20-14-15-22-21(16-20)13-12-18(4-2)23(22)27-24(25)26/h3,5,12-17,19,24H,4,6-11H2,1-2H3/b5-3+. The monoisotopic (exact) mass is 372 g/mol. The molecule has 3 heteroatoms. The number of halogens is 2. The Balaban J connectivity index is 1.75. The highest BCUT2D eigenvalue weighted by molar-refractivity contribution is 5.90. The van der Waals surface area contributed by atoms with Gasteiger partial charge in [-0.15, -0.1) is 0 Å². The fraction of sp³-hybridized carbons (Fsp3) is 0.500. The van der Waals surface area contributed by atoms with E-state index < -0.39 is 6.61 Å². The summed E-state index contributed by atoms with van der Waals surface area (Å²) in [6.07, 6.45) is 12.6. The van der Waals surface area contributed by atoms with E-state index in [-0.39, 0.29) is 0 Å². The van der Waals surface area contributed by atoms with Crippen LogP contribution in [0.4, 0.5) is 8.78 Å². The Hall–Kier alpha value is -1.90. The predicted octanol–water partition coefficient (Wildman–Crippen LogP) is 7.63. The van der Waals surface area contributed by atoms with Crippen molar-refractivity contribution < 1.29 is 13.5 Å². The summed E-state index contributed by atoms with van der Waals surface area (Å²) >= 11 is 0. The zero-order valence-corrected chi connectivity index (χ0v) is 16.4. The molecule has 1 fully saturated rings. The molecule has 0 aromatic heterocycles. The molecule has 0 bridgehead atoms. The maximum Gasteiger partial charge on any atom is 0.387 e. The van der Waals surface area contributed by atoms with Crippen LogP contribution in [0, 0.1) is 5.92 Å². The number of hydrogen-bond donors (Lipinski definition) is 0. The Morgan fingerprint density at radius 3 is 2.56 bits per heavy atom. The maximum atomic E-state index is 12.9. The third-order valence-electron chi connectivity index (χ3n) is 5.96. The van der Waals surface area contributed by atoms with Crippen molar-refractivity contribution in [3.05, 3.63) is 53.6 Å². The van der Waals surface area contributed by atoms with Gasteiger partial charge in [0.1, 0.15) is 5.75 Å². The van der Waals surface area contributed by atoms with Gasteiger partial charge in [0.25, 0.3) is 0 Å². The Labute approximate surface area is 161 Å². The summed E-state index contributed by atoms with van der Waals surface area (Å²) in [5.41, 5.74) is 2.17. The minimum Gasteiger partial charge on any atom is -0.434 e. The van der Waals surface area contributed by atoms with Crippen LogP contribution in [0.5, 0.6) is 5.75 Å². The molecule has 0 N–H and O–H groups in total. The fourth-order valence-corrected chi connectivity index (χ4v) is 4.41. The van der Waals surface area contributed by atoms with E-state index in [4.69, 9.17) is 4.74 Å². The molecule has 0 aliphatic heterocycles.